The van der Waals surface area contributed by atoms with Crippen molar-refractivity contribution in [2.45, 2.75) is 25.6 Å². The molecule has 2 aliphatic heterocycles. The van der Waals surface area contributed by atoms with Gasteiger partial charge in [-0.1, -0.05) is 30.2 Å². The first-order chi connectivity index (χ1) is 22.5. The number of hydrogen-bond donors (Lipinski definition) is 3. The molecule has 15 heteroatoms. The molecule has 13 nitrogen and oxygen atoms in total. The van der Waals surface area contributed by atoms with Gasteiger partial charge in [0, 0.05) is 90.9 Å². The molecule has 6 amide bonds. The number of nitrogens with zero attached hydrogens (tertiary/aromatic N) is 6. The topological polar surface area (TPSA) is 160 Å². The number of rotatable bonds is 6. The Bertz CT molecular complexity index is 1550. The lowest BCUT2D eigenvalue weighted by Gasteiger charge is -2.37. The van der Waals surface area contributed by atoms with Crippen LogP contribution in [-0.4, -0.2) is 131 Å². The Labute approximate surface area is 299 Å². The van der Waals surface area contributed by atoms with Gasteiger partial charge in [-0.05, 0) is 53.2 Å². The summed E-state index contributed by atoms with van der Waals surface area (Å²) in [5.41, 5.74) is 14.7. The summed E-state index contributed by atoms with van der Waals surface area (Å²) in [6, 6.07) is 14.4. The van der Waals surface area contributed by atoms with Gasteiger partial charge in [-0.15, -0.1) is 24.8 Å². The van der Waals surface area contributed by atoms with E-state index in [0.717, 1.165) is 11.1 Å². The van der Waals surface area contributed by atoms with Crippen molar-refractivity contribution >= 4 is 60.1 Å². The van der Waals surface area contributed by atoms with Gasteiger partial charge in [-0.2, -0.15) is 0 Å². The summed E-state index contributed by atoms with van der Waals surface area (Å²) in [6.07, 6.45) is -1.62. The zero-order valence-electron chi connectivity index (χ0n) is 27.7. The molecule has 0 saturated carbocycles. The maximum Gasteiger partial charge on any atom is 0.320 e. The van der Waals surface area contributed by atoms with Gasteiger partial charge in [0.25, 0.3) is 5.91 Å². The summed E-state index contributed by atoms with van der Waals surface area (Å²) < 4.78 is 0. The second kappa shape index (κ2) is 19.2. The molecule has 5 N–H and O–H groups in total. The zero-order chi connectivity index (χ0) is 33.9. The fraction of sp³-hybridized carbons (Fsp3) is 0.412. The third-order valence-electron chi connectivity index (χ3n) is 8.05. The Kier molecular flexibility index (Phi) is 15.9. The number of hydrogen-bond acceptors (Lipinski definition) is 7. The Morgan fingerprint density at radius 2 is 1.06 bits per heavy atom. The summed E-state index contributed by atoms with van der Waals surface area (Å²) in [5.74, 6) is 9.39. The molecule has 2 fully saturated rings. The van der Waals surface area contributed by atoms with Crippen LogP contribution in [0.15, 0.2) is 48.5 Å². The Balaban J connectivity index is 0.00000417. The smallest absolute Gasteiger partial charge is 0.320 e. The maximum atomic E-state index is 12.9. The van der Waals surface area contributed by atoms with Crippen LogP contribution in [0.3, 0.4) is 0 Å². The number of nitrogens with two attached hydrogens (primary N) is 2. The molecule has 2 aromatic rings. The van der Waals surface area contributed by atoms with E-state index < -0.39 is 12.0 Å². The summed E-state index contributed by atoms with van der Waals surface area (Å²) >= 11 is 0. The van der Waals surface area contributed by atoms with Crippen LogP contribution in [0.2, 0.25) is 0 Å². The monoisotopic (exact) mass is 714 g/mol. The summed E-state index contributed by atoms with van der Waals surface area (Å²) in [5, 5.41) is 10.3. The molecule has 2 heterocycles. The molecule has 1 unspecified atom stereocenters. The van der Waals surface area contributed by atoms with E-state index in [2.05, 4.69) is 23.7 Å². The van der Waals surface area contributed by atoms with Crippen LogP contribution < -0.4 is 11.5 Å². The van der Waals surface area contributed by atoms with E-state index in [4.69, 9.17) is 11.5 Å². The average molecular weight is 716 g/mol. The van der Waals surface area contributed by atoms with Crippen molar-refractivity contribution in [1.29, 1.82) is 0 Å². The number of carbonyl (C=O) groups is 4. The summed E-state index contributed by atoms with van der Waals surface area (Å²) in [6.45, 7) is 3.74. The Morgan fingerprint density at radius 3 is 1.49 bits per heavy atom. The molecule has 0 spiro atoms. The van der Waals surface area contributed by atoms with Gasteiger partial charge < -0.3 is 46.0 Å². The van der Waals surface area contributed by atoms with Crippen LogP contribution in [0, 0.1) is 23.7 Å². The number of benzene rings is 2. The second-order valence-electron chi connectivity index (χ2n) is 11.6. The largest absolute Gasteiger partial charge is 0.399 e. The van der Waals surface area contributed by atoms with Gasteiger partial charge in [-0.25, -0.2) is 9.59 Å². The molecule has 0 aromatic heterocycles. The highest BCUT2D eigenvalue weighted by Gasteiger charge is 2.29. The molecule has 1 atom stereocenters. The van der Waals surface area contributed by atoms with E-state index in [1.54, 1.807) is 62.9 Å². The fourth-order valence-corrected chi connectivity index (χ4v) is 5.29. The minimum Gasteiger partial charge on any atom is -0.399 e. The van der Waals surface area contributed by atoms with Crippen molar-refractivity contribution in [3.8, 4) is 23.7 Å². The van der Waals surface area contributed by atoms with Crippen LogP contribution in [0.1, 0.15) is 17.5 Å². The van der Waals surface area contributed by atoms with Crippen LogP contribution in [0.5, 0.6) is 0 Å². The lowest BCUT2D eigenvalue weighted by Crippen LogP contribution is -2.54. The van der Waals surface area contributed by atoms with Gasteiger partial charge in [0.1, 0.15) is 0 Å². The average Bonchev–Trinajstić information content (AvgIpc) is 3.09. The number of aliphatic hydroxyl groups is 1. The maximum absolute atomic E-state index is 12.9. The number of aliphatic hydroxyl groups excluding tert-OH is 1. The van der Waals surface area contributed by atoms with E-state index in [9.17, 15) is 24.3 Å². The number of amides is 6. The van der Waals surface area contributed by atoms with E-state index in [1.165, 1.54) is 4.90 Å². The second-order valence-corrected chi connectivity index (χ2v) is 11.6. The first-order valence-electron chi connectivity index (χ1n) is 15.4. The number of carbonyl (C=O) groups excluding carboxylic acids is 4. The molecule has 0 aliphatic carbocycles. The lowest BCUT2D eigenvalue weighted by molar-refractivity contribution is -0.138. The number of nitrogen functional groups attached to an aromatic ring is 2. The Morgan fingerprint density at radius 1 is 0.673 bits per heavy atom. The van der Waals surface area contributed by atoms with Crippen LogP contribution in [0.4, 0.5) is 21.0 Å². The van der Waals surface area contributed by atoms with E-state index in [-0.39, 0.29) is 62.3 Å². The molecule has 0 bridgehead atoms. The standard InChI is InChI=1S/C34H42N8O5.2ClH/c1-37(24-26-8-12-28(35)13-9-26)33(46)41-20-16-39(17-21-41)31(44)7-5-3-4-6-30(43)32(45)40-18-22-42(23-19-40)34(47)38(2)25-27-10-14-29(36)15-11-27;;/h8-15,30,43H,7,16-25,35-36H2,1-2H3;2*1H. The van der Waals surface area contributed by atoms with Crippen molar-refractivity contribution in [2.24, 2.45) is 0 Å². The molecule has 0 radical (unpaired) electrons. The number of halogens is 2. The number of piperazine rings is 2. The molecule has 264 valence electrons. The van der Waals surface area contributed by atoms with E-state index in [0.29, 0.717) is 63.7 Å². The van der Waals surface area contributed by atoms with Gasteiger partial charge in [0.05, 0.1) is 6.42 Å². The van der Waals surface area contributed by atoms with Crippen LogP contribution in [-0.2, 0) is 22.7 Å². The quantitative estimate of drug-likeness (QED) is 0.302. The van der Waals surface area contributed by atoms with Crippen LogP contribution >= 0.6 is 24.8 Å². The van der Waals surface area contributed by atoms with Gasteiger partial charge in [0.15, 0.2) is 6.10 Å². The third-order valence-corrected chi connectivity index (χ3v) is 8.05. The number of anilines is 2. The highest BCUT2D eigenvalue weighted by atomic mass is 35.5. The predicted molar refractivity (Wildman–Crippen MR) is 192 cm³/mol. The van der Waals surface area contributed by atoms with Gasteiger partial charge in [0.2, 0.25) is 5.91 Å². The lowest BCUT2D eigenvalue weighted by atomic mass is 10.2. The predicted octanol–water partition coefficient (Wildman–Crippen LogP) is 1.54. The Hall–Kier alpha value is -4.82. The van der Waals surface area contributed by atoms with Crippen molar-refractivity contribution in [3.63, 3.8) is 0 Å². The normalized spacial score (nSPS) is 14.4. The SMILES string of the molecule is CN(Cc1ccc(N)cc1)C(=O)N1CCN(C(=O)CC#CC#CC(O)C(=O)N2CCN(C(=O)N(C)Cc3ccc(N)cc3)CC2)CC1.Cl.Cl. The third kappa shape index (κ3) is 11.7. The molecule has 2 saturated heterocycles. The van der Waals surface area contributed by atoms with Gasteiger partial charge >= 0.3 is 12.1 Å². The summed E-state index contributed by atoms with van der Waals surface area (Å²) in [4.78, 5) is 60.7. The molecule has 49 heavy (non-hydrogen) atoms. The zero-order valence-corrected chi connectivity index (χ0v) is 29.3. The van der Waals surface area contributed by atoms with Crippen molar-refractivity contribution in [1.82, 2.24) is 29.4 Å². The summed E-state index contributed by atoms with van der Waals surface area (Å²) in [7, 11) is 3.46. The minimum absolute atomic E-state index is 0. The fourth-order valence-electron chi connectivity index (χ4n) is 5.29. The molecule has 2 aliphatic rings. The molecule has 4 rings (SSSR count). The first-order valence-corrected chi connectivity index (χ1v) is 15.4. The first kappa shape index (κ1) is 40.4. The highest BCUT2D eigenvalue weighted by Crippen LogP contribution is 2.13. The molecular formula is C34H44Cl2N8O5. The highest BCUT2D eigenvalue weighted by molar-refractivity contribution is 5.86. The van der Waals surface area contributed by atoms with Crippen molar-refractivity contribution < 1.29 is 24.3 Å². The molecule has 2 aromatic carbocycles. The van der Waals surface area contributed by atoms with Crippen molar-refractivity contribution in [2.75, 3.05) is 77.9 Å². The minimum atomic E-state index is -1.56. The van der Waals surface area contributed by atoms with Crippen molar-refractivity contribution in [3.05, 3.63) is 59.7 Å². The van der Waals surface area contributed by atoms with Gasteiger partial charge in [-0.3, -0.25) is 9.59 Å². The van der Waals surface area contributed by atoms with E-state index >= 15 is 0 Å². The van der Waals surface area contributed by atoms with E-state index in [1.807, 2.05) is 24.3 Å². The van der Waals surface area contributed by atoms with Crippen LogP contribution in [0.25, 0.3) is 0 Å². The number of urea groups is 2. The molecular weight excluding hydrogens is 671 g/mol.